The summed E-state index contributed by atoms with van der Waals surface area (Å²) in [5, 5.41) is 21.5. The summed E-state index contributed by atoms with van der Waals surface area (Å²) < 4.78 is 16.1. The molecule has 6 heterocycles. The van der Waals surface area contributed by atoms with Gasteiger partial charge in [-0.25, -0.2) is 4.79 Å². The Morgan fingerprint density at radius 1 is 0.851 bits per heavy atom. The zero-order valence-corrected chi connectivity index (χ0v) is 38.5. The normalized spacial score (nSPS) is 19.4. The molecule has 0 saturated carbocycles. The van der Waals surface area contributed by atoms with Crippen LogP contribution in [0.5, 0.6) is 11.5 Å². The topological polar surface area (TPSA) is 169 Å². The highest BCUT2D eigenvalue weighted by molar-refractivity contribution is 6.35. The second-order valence-electron chi connectivity index (χ2n) is 18.3. The fourth-order valence-corrected chi connectivity index (χ4v) is 11.2. The van der Waals surface area contributed by atoms with Gasteiger partial charge in [0.15, 0.2) is 6.61 Å². The number of nitrogens with one attached hydrogen (secondary N) is 1. The molecule has 3 fully saturated rings. The maximum atomic E-state index is 13.6. The van der Waals surface area contributed by atoms with E-state index in [2.05, 4.69) is 22.3 Å². The van der Waals surface area contributed by atoms with Crippen LogP contribution in [0, 0.1) is 25.7 Å². The SMILES string of the molecule is Cc1nn(C)c(C)c1-c1c(Cl)ccc2c(CCCOc3cccc4ccccc34)c(C(=O)O)n(CCN3C[C@@H]4CN(C(=O)COc5cccc6c5C(=O)N(C5CCC(=O)NC5=O)C6)C[C@@H]4C3)c12. The number of benzene rings is 4. The average Bonchev–Trinajstić information content (AvgIpc) is 4.10. The fraction of sp³-hybridized carbons (Fsp3) is 0.373. The van der Waals surface area contributed by atoms with E-state index in [0.717, 1.165) is 68.6 Å². The second-order valence-corrected chi connectivity index (χ2v) is 18.7. The Hall–Kier alpha value is -6.71. The lowest BCUT2D eigenvalue weighted by Gasteiger charge is -2.29. The van der Waals surface area contributed by atoms with Crippen molar-refractivity contribution in [2.45, 2.75) is 58.7 Å². The molecule has 6 aromatic rings. The Labute approximate surface area is 392 Å². The van der Waals surface area contributed by atoms with Crippen molar-refractivity contribution in [1.29, 1.82) is 0 Å². The number of hydrogen-bond donors (Lipinski definition) is 2. The van der Waals surface area contributed by atoms with E-state index in [1.54, 1.807) is 12.1 Å². The molecule has 346 valence electrons. The lowest BCUT2D eigenvalue weighted by atomic mass is 9.98. The Morgan fingerprint density at radius 3 is 2.34 bits per heavy atom. The first kappa shape index (κ1) is 44.1. The number of imide groups is 1. The first-order chi connectivity index (χ1) is 32.4. The van der Waals surface area contributed by atoms with Crippen molar-refractivity contribution in [2.24, 2.45) is 18.9 Å². The van der Waals surface area contributed by atoms with Crippen molar-refractivity contribution in [3.63, 3.8) is 0 Å². The van der Waals surface area contributed by atoms with E-state index in [1.807, 2.05) is 83.6 Å². The molecule has 3 saturated heterocycles. The number of carbonyl (C=O) groups excluding carboxylic acids is 4. The van der Waals surface area contributed by atoms with Gasteiger partial charge in [0.1, 0.15) is 23.2 Å². The van der Waals surface area contributed by atoms with Crippen molar-refractivity contribution in [3.8, 4) is 22.6 Å². The predicted octanol–water partition coefficient (Wildman–Crippen LogP) is 6.41. The predicted molar refractivity (Wildman–Crippen MR) is 251 cm³/mol. The van der Waals surface area contributed by atoms with Gasteiger partial charge in [-0.1, -0.05) is 66.2 Å². The number of aromatic carboxylic acids is 1. The molecule has 4 aliphatic heterocycles. The number of amides is 4. The van der Waals surface area contributed by atoms with Gasteiger partial charge in [-0.15, -0.1) is 0 Å². The van der Waals surface area contributed by atoms with Gasteiger partial charge in [0.25, 0.3) is 11.8 Å². The summed E-state index contributed by atoms with van der Waals surface area (Å²) in [7, 11) is 1.89. The van der Waals surface area contributed by atoms with Crippen LogP contribution in [-0.2, 0) is 40.9 Å². The number of aromatic nitrogens is 3. The van der Waals surface area contributed by atoms with Crippen LogP contribution in [0.3, 0.4) is 0 Å². The minimum Gasteiger partial charge on any atom is -0.493 e. The lowest BCUT2D eigenvalue weighted by molar-refractivity contribution is -0.137. The van der Waals surface area contributed by atoms with Gasteiger partial charge < -0.3 is 33.8 Å². The number of piperidine rings is 1. The standard InChI is InChI=1S/C51H52ClN7O8/c1-29-44(30(2)55(3)54-29)46-38(52)17-16-37-36(13-8-22-66-40-14-6-10-31-9-4-5-12-35(31)40)48(51(64)65)58(47(37)46)21-20-56-23-33-25-57(26-34(33)24-56)43(61)28-67-41-15-7-11-32-27-59(50(63)45(32)41)39-18-19-42(60)53-49(39)62/h4-7,9-12,14-17,33-34,39H,8,13,18-28H2,1-3H3,(H,64,65)(H,53,60,62)/t33-,34+,39?. The average molecular weight is 926 g/mol. The van der Waals surface area contributed by atoms with Gasteiger partial charge in [-0.3, -0.25) is 29.2 Å². The Balaban J connectivity index is 0.829. The van der Waals surface area contributed by atoms with Gasteiger partial charge >= 0.3 is 5.97 Å². The summed E-state index contributed by atoms with van der Waals surface area (Å²) in [4.78, 5) is 70.6. The van der Waals surface area contributed by atoms with Crippen molar-refractivity contribution < 1.29 is 38.6 Å². The summed E-state index contributed by atoms with van der Waals surface area (Å²) in [5.41, 5.74) is 6.21. The van der Waals surface area contributed by atoms with E-state index >= 15 is 0 Å². The second kappa shape index (κ2) is 17.8. The number of carbonyl (C=O) groups is 5. The number of likely N-dealkylation sites (tertiary alicyclic amines) is 2. The van der Waals surface area contributed by atoms with Crippen LogP contribution in [-0.4, -0.2) is 116 Å². The number of halogens is 1. The maximum absolute atomic E-state index is 13.6. The molecule has 4 amide bonds. The van der Waals surface area contributed by atoms with Crippen molar-refractivity contribution in [2.75, 3.05) is 45.9 Å². The Morgan fingerprint density at radius 2 is 1.60 bits per heavy atom. The van der Waals surface area contributed by atoms with Gasteiger partial charge in [0, 0.05) is 86.9 Å². The largest absolute Gasteiger partial charge is 0.493 e. The molecule has 15 nitrogen and oxygen atoms in total. The van der Waals surface area contributed by atoms with Crippen LogP contribution < -0.4 is 14.8 Å². The van der Waals surface area contributed by atoms with E-state index < -0.39 is 17.9 Å². The highest BCUT2D eigenvalue weighted by Crippen LogP contribution is 2.43. The summed E-state index contributed by atoms with van der Waals surface area (Å²) in [5.74, 6) is -0.808. The van der Waals surface area contributed by atoms with Gasteiger partial charge in [-0.05, 0) is 79.7 Å². The van der Waals surface area contributed by atoms with Crippen molar-refractivity contribution >= 4 is 62.9 Å². The molecule has 10 rings (SSSR count). The van der Waals surface area contributed by atoms with Gasteiger partial charge in [0.05, 0.1) is 28.4 Å². The summed E-state index contributed by atoms with van der Waals surface area (Å²) in [6, 6.07) is 22.4. The molecule has 2 aromatic heterocycles. The molecule has 0 bridgehead atoms. The number of carboxylic acid groups (broad SMARTS) is 1. The maximum Gasteiger partial charge on any atom is 0.352 e. The molecule has 67 heavy (non-hydrogen) atoms. The Bertz CT molecular complexity index is 3000. The number of hydrogen-bond acceptors (Lipinski definition) is 9. The number of ether oxygens (including phenoxy) is 2. The summed E-state index contributed by atoms with van der Waals surface area (Å²) >= 11 is 7.10. The van der Waals surface area contributed by atoms with E-state index in [1.165, 1.54) is 4.90 Å². The molecule has 3 atom stereocenters. The van der Waals surface area contributed by atoms with Crippen LogP contribution in [0.2, 0.25) is 5.02 Å². The van der Waals surface area contributed by atoms with Crippen LogP contribution >= 0.6 is 11.6 Å². The van der Waals surface area contributed by atoms with E-state index in [0.29, 0.717) is 67.5 Å². The van der Waals surface area contributed by atoms with E-state index in [4.69, 9.17) is 26.2 Å². The monoisotopic (exact) mass is 925 g/mol. The molecular formula is C51H52ClN7O8. The van der Waals surface area contributed by atoms with Gasteiger partial charge in [0.2, 0.25) is 11.8 Å². The quantitative estimate of drug-likeness (QED) is 0.0921. The minimum absolute atomic E-state index is 0.161. The molecule has 16 heteroatoms. The number of aryl methyl sites for hydroxylation is 3. The fourth-order valence-electron chi connectivity index (χ4n) is 11.0. The lowest BCUT2D eigenvalue weighted by Crippen LogP contribution is -2.52. The molecule has 1 unspecified atom stereocenters. The highest BCUT2D eigenvalue weighted by atomic mass is 35.5. The van der Waals surface area contributed by atoms with Crippen LogP contribution in [0.15, 0.2) is 72.8 Å². The third-order valence-electron chi connectivity index (χ3n) is 14.2. The van der Waals surface area contributed by atoms with E-state index in [-0.39, 0.29) is 61.2 Å². The summed E-state index contributed by atoms with van der Waals surface area (Å²) in [6.07, 6.45) is 1.49. The van der Waals surface area contributed by atoms with Crippen LogP contribution in [0.4, 0.5) is 0 Å². The van der Waals surface area contributed by atoms with Crippen LogP contribution in [0.1, 0.15) is 62.6 Å². The van der Waals surface area contributed by atoms with Gasteiger partial charge in [-0.2, -0.15) is 5.10 Å². The molecule has 0 aliphatic carbocycles. The number of rotatable bonds is 14. The Kier molecular flexibility index (Phi) is 11.7. The first-order valence-electron chi connectivity index (χ1n) is 22.9. The molecule has 2 N–H and O–H groups in total. The smallest absolute Gasteiger partial charge is 0.352 e. The zero-order valence-electron chi connectivity index (χ0n) is 37.7. The minimum atomic E-state index is -1.01. The molecule has 0 spiro atoms. The number of fused-ring (bicyclic) bond motifs is 4. The van der Waals surface area contributed by atoms with Crippen molar-refractivity contribution in [3.05, 3.63) is 112 Å². The third kappa shape index (κ3) is 8.07. The highest BCUT2D eigenvalue weighted by Gasteiger charge is 2.43. The molecule has 0 radical (unpaired) electrons. The molecular weight excluding hydrogens is 874 g/mol. The first-order valence-corrected chi connectivity index (χ1v) is 23.3. The third-order valence-corrected chi connectivity index (χ3v) is 14.6. The van der Waals surface area contributed by atoms with Crippen molar-refractivity contribution in [1.82, 2.24) is 34.4 Å². The summed E-state index contributed by atoms with van der Waals surface area (Å²) in [6.45, 7) is 7.98. The van der Waals surface area contributed by atoms with Crippen LogP contribution in [0.25, 0.3) is 32.8 Å². The zero-order chi connectivity index (χ0) is 46.7. The number of carboxylic acids is 1. The molecule has 4 aromatic carbocycles. The van der Waals surface area contributed by atoms with E-state index in [9.17, 15) is 29.1 Å². The number of nitrogens with zero attached hydrogens (tertiary/aromatic N) is 6. The molecule has 4 aliphatic rings.